The van der Waals surface area contributed by atoms with Crippen molar-refractivity contribution >= 4 is 30.0 Å². The van der Waals surface area contributed by atoms with Crippen LogP contribution < -0.4 is 4.84 Å². The fourth-order valence-corrected chi connectivity index (χ4v) is 1.49. The number of nitrogens with zero attached hydrogens (tertiary/aromatic N) is 1. The monoisotopic (exact) mass is 174 g/mol. The average molecular weight is 174 g/mol. The van der Waals surface area contributed by atoms with Crippen LogP contribution in [0.25, 0.3) is 0 Å². The van der Waals surface area contributed by atoms with E-state index in [9.17, 15) is 4.79 Å². The van der Waals surface area contributed by atoms with E-state index < -0.39 is 0 Å². The van der Waals surface area contributed by atoms with Crippen molar-refractivity contribution in [3.05, 3.63) is 15.0 Å². The second-order valence-electron chi connectivity index (χ2n) is 1.61. The van der Waals surface area contributed by atoms with Crippen LogP contribution in [0.5, 0.6) is 0 Å². The zero-order valence-corrected chi connectivity index (χ0v) is 6.79. The maximum atomic E-state index is 9.77. The molecule has 0 atom stereocenters. The molecule has 0 bridgehead atoms. The van der Waals surface area contributed by atoms with Gasteiger partial charge in [-0.3, -0.25) is 0 Å². The third-order valence-electron chi connectivity index (χ3n) is 0.945. The molecule has 0 saturated carbocycles. The van der Waals surface area contributed by atoms with Crippen LogP contribution >= 0.6 is 23.6 Å². The summed E-state index contributed by atoms with van der Waals surface area (Å²) in [6.07, 6.45) is 0. The van der Waals surface area contributed by atoms with E-state index in [0.29, 0.717) is 3.95 Å². The predicted molar refractivity (Wildman–Crippen MR) is 40.2 cm³/mol. The summed E-state index contributed by atoms with van der Waals surface area (Å²) in [5.41, 5.74) is 0.804. The van der Waals surface area contributed by atoms with E-state index in [2.05, 4.69) is 4.84 Å². The van der Waals surface area contributed by atoms with Crippen LogP contribution in [-0.2, 0) is 4.79 Å². The molecule has 0 unspecified atom stereocenters. The Kier molecular flexibility index (Phi) is 2.18. The van der Waals surface area contributed by atoms with Crippen molar-refractivity contribution in [1.82, 2.24) is 4.73 Å². The molecule has 1 heterocycles. The van der Waals surface area contributed by atoms with Crippen molar-refractivity contribution in [2.24, 2.45) is 0 Å². The normalized spacial score (nSPS) is 9.30. The number of carbonyl (C=O) groups excluding carboxylic acids is 1. The van der Waals surface area contributed by atoms with Crippen LogP contribution in [-0.4, -0.2) is 11.2 Å². The van der Waals surface area contributed by atoms with Gasteiger partial charge < -0.3 is 4.84 Å². The highest BCUT2D eigenvalue weighted by Crippen LogP contribution is 2.06. The van der Waals surface area contributed by atoms with Gasteiger partial charge in [0.15, 0.2) is 3.95 Å². The van der Waals surface area contributed by atoms with E-state index in [1.807, 2.05) is 0 Å². The number of hydrogen-bond acceptors (Lipinski definition) is 4. The van der Waals surface area contributed by atoms with Gasteiger partial charge in [0.25, 0.3) is 0 Å². The Morgan fingerprint density at radius 2 is 2.60 bits per heavy atom. The first kappa shape index (κ1) is 7.43. The Hall–Kier alpha value is -0.680. The Morgan fingerprint density at radius 1 is 1.90 bits per heavy atom. The Bertz CT molecular complexity index is 288. The molecule has 1 aromatic rings. The number of aromatic nitrogens is 1. The van der Waals surface area contributed by atoms with Gasteiger partial charge in [0, 0.05) is 5.38 Å². The van der Waals surface area contributed by atoms with Gasteiger partial charge in [-0.15, -0.1) is 11.3 Å². The molecule has 1 radical (unpaired) electrons. The molecule has 0 amide bonds. The summed E-state index contributed by atoms with van der Waals surface area (Å²) >= 11 is 6.16. The summed E-state index contributed by atoms with van der Waals surface area (Å²) in [7, 11) is 0. The first-order chi connectivity index (χ1) is 4.75. The molecule has 53 valence electrons. The lowest BCUT2D eigenvalue weighted by Gasteiger charge is -1.95. The summed E-state index contributed by atoms with van der Waals surface area (Å²) in [4.78, 5) is 14.2. The molecule has 5 heteroatoms. The van der Waals surface area contributed by atoms with Crippen molar-refractivity contribution < 1.29 is 9.63 Å². The molecule has 1 aromatic heterocycles. The summed E-state index contributed by atoms with van der Waals surface area (Å²) in [5.74, 6) is 0. The molecule has 10 heavy (non-hydrogen) atoms. The summed E-state index contributed by atoms with van der Waals surface area (Å²) in [5, 5.41) is 1.81. The molecule has 0 spiro atoms. The number of thiazole rings is 1. The Morgan fingerprint density at radius 3 is 3.00 bits per heavy atom. The third-order valence-corrected chi connectivity index (χ3v) is 2.23. The SMILES string of the molecule is Cc1csc(=S)n1O[C]=O. The molecule has 0 N–H and O–H groups in total. The quantitative estimate of drug-likeness (QED) is 0.629. The first-order valence-corrected chi connectivity index (χ1v) is 3.76. The van der Waals surface area contributed by atoms with E-state index in [1.165, 1.54) is 22.5 Å². The molecule has 3 nitrogen and oxygen atoms in total. The highest BCUT2D eigenvalue weighted by molar-refractivity contribution is 7.73. The molecule has 0 aliphatic carbocycles. The molecular formula is C5H4NO2S2. The second-order valence-corrected chi connectivity index (χ2v) is 3.12. The van der Waals surface area contributed by atoms with Crippen LogP contribution in [0.2, 0.25) is 0 Å². The lowest BCUT2D eigenvalue weighted by atomic mass is 10.6. The van der Waals surface area contributed by atoms with Gasteiger partial charge in [-0.2, -0.15) is 4.73 Å². The zero-order chi connectivity index (χ0) is 7.56. The molecule has 0 saturated heterocycles. The minimum atomic E-state index is 0.515. The fourth-order valence-electron chi connectivity index (χ4n) is 0.522. The lowest BCUT2D eigenvalue weighted by molar-refractivity contribution is 0.235. The highest BCUT2D eigenvalue weighted by atomic mass is 32.1. The van der Waals surface area contributed by atoms with Gasteiger partial charge >= 0.3 is 6.47 Å². The van der Waals surface area contributed by atoms with Crippen LogP contribution in [0.3, 0.4) is 0 Å². The van der Waals surface area contributed by atoms with Gasteiger partial charge in [-0.1, -0.05) is 0 Å². The zero-order valence-electron chi connectivity index (χ0n) is 5.16. The van der Waals surface area contributed by atoms with Gasteiger partial charge in [-0.05, 0) is 19.1 Å². The fraction of sp³-hybridized carbons (Fsp3) is 0.200. The van der Waals surface area contributed by atoms with E-state index in [1.54, 1.807) is 12.3 Å². The molecular weight excluding hydrogens is 170 g/mol. The van der Waals surface area contributed by atoms with Crippen molar-refractivity contribution in [1.29, 1.82) is 0 Å². The molecule has 0 aliphatic rings. The van der Waals surface area contributed by atoms with Gasteiger partial charge in [0.2, 0.25) is 0 Å². The van der Waals surface area contributed by atoms with E-state index in [0.717, 1.165) is 5.69 Å². The maximum Gasteiger partial charge on any atom is 0.444 e. The minimum absolute atomic E-state index is 0.515. The number of aryl methyl sites for hydroxylation is 1. The van der Waals surface area contributed by atoms with Crippen molar-refractivity contribution in [2.45, 2.75) is 6.92 Å². The van der Waals surface area contributed by atoms with Crippen LogP contribution in [0.1, 0.15) is 5.69 Å². The van der Waals surface area contributed by atoms with Crippen molar-refractivity contribution in [3.8, 4) is 0 Å². The third kappa shape index (κ3) is 1.25. The van der Waals surface area contributed by atoms with E-state index >= 15 is 0 Å². The standard InChI is InChI=1S/C5H4NO2S2/c1-4-2-10-5(9)6(4)8-3-7/h2H,1H3. The lowest BCUT2D eigenvalue weighted by Crippen LogP contribution is -2.09. The summed E-state index contributed by atoms with van der Waals surface area (Å²) in [6.45, 7) is 3.10. The molecule has 0 aliphatic heterocycles. The summed E-state index contributed by atoms with van der Waals surface area (Å²) < 4.78 is 1.77. The van der Waals surface area contributed by atoms with Gasteiger partial charge in [0.05, 0.1) is 5.69 Å². The molecule has 0 aromatic carbocycles. The number of rotatable bonds is 2. The average Bonchev–Trinajstić information content (AvgIpc) is 2.20. The first-order valence-electron chi connectivity index (χ1n) is 2.47. The maximum absolute atomic E-state index is 9.77. The molecule has 0 fully saturated rings. The van der Waals surface area contributed by atoms with E-state index in [-0.39, 0.29) is 0 Å². The Balaban J connectivity index is 3.10. The van der Waals surface area contributed by atoms with Crippen molar-refractivity contribution in [2.75, 3.05) is 0 Å². The van der Waals surface area contributed by atoms with Crippen LogP contribution in [0, 0.1) is 10.9 Å². The smallest absolute Gasteiger partial charge is 0.323 e. The second kappa shape index (κ2) is 2.94. The molecule has 1 rings (SSSR count). The minimum Gasteiger partial charge on any atom is -0.323 e. The largest absolute Gasteiger partial charge is 0.444 e. The van der Waals surface area contributed by atoms with Gasteiger partial charge in [0.1, 0.15) is 0 Å². The van der Waals surface area contributed by atoms with Crippen LogP contribution in [0.15, 0.2) is 5.38 Å². The predicted octanol–water partition coefficient (Wildman–Crippen LogP) is 1.08. The van der Waals surface area contributed by atoms with E-state index in [4.69, 9.17) is 12.2 Å². The number of hydrogen-bond donors (Lipinski definition) is 0. The van der Waals surface area contributed by atoms with Gasteiger partial charge in [-0.25, -0.2) is 4.79 Å². The topological polar surface area (TPSA) is 31.2 Å². The Labute approximate surface area is 66.8 Å². The summed E-state index contributed by atoms with van der Waals surface area (Å²) in [6, 6.07) is 0. The highest BCUT2D eigenvalue weighted by Gasteiger charge is 1.98. The van der Waals surface area contributed by atoms with Crippen LogP contribution in [0.4, 0.5) is 0 Å². The van der Waals surface area contributed by atoms with Crippen molar-refractivity contribution in [3.63, 3.8) is 0 Å².